The van der Waals surface area contributed by atoms with Gasteiger partial charge in [0.15, 0.2) is 11.9 Å². The Kier molecular flexibility index (Phi) is 10.7. The highest BCUT2D eigenvalue weighted by Crippen LogP contribution is 2.48. The van der Waals surface area contributed by atoms with Gasteiger partial charge < -0.3 is 38.4 Å². The Morgan fingerprint density at radius 3 is 2.44 bits per heavy atom. The number of ether oxygens (including phenoxy) is 6. The number of terminal acetylenes is 1. The van der Waals surface area contributed by atoms with E-state index in [4.69, 9.17) is 46.4 Å². The highest BCUT2D eigenvalue weighted by Gasteiger charge is 2.49. The second-order valence-corrected chi connectivity index (χ2v) is 11.9. The van der Waals surface area contributed by atoms with Crippen LogP contribution in [0.3, 0.4) is 0 Å². The molecule has 13 heteroatoms. The third-order valence-corrected chi connectivity index (χ3v) is 8.75. The summed E-state index contributed by atoms with van der Waals surface area (Å²) in [4.78, 5) is 11.3. The van der Waals surface area contributed by atoms with Crippen LogP contribution in [-0.4, -0.2) is 110 Å². The molecule has 2 unspecified atom stereocenters. The van der Waals surface area contributed by atoms with Crippen molar-refractivity contribution in [1.29, 1.82) is 0 Å². The molecule has 0 bridgehead atoms. The summed E-state index contributed by atoms with van der Waals surface area (Å²) in [6, 6.07) is 6.42. The molecule has 2 aliphatic heterocycles. The number of hydrogen-bond donors (Lipinski definition) is 1. The Morgan fingerprint density at radius 1 is 1.00 bits per heavy atom. The van der Waals surface area contributed by atoms with E-state index in [-0.39, 0.29) is 29.6 Å². The van der Waals surface area contributed by atoms with Crippen LogP contribution in [0.1, 0.15) is 36.6 Å². The quantitative estimate of drug-likeness (QED) is 0.133. The van der Waals surface area contributed by atoms with E-state index in [2.05, 4.69) is 38.0 Å². The minimum absolute atomic E-state index is 0.00623. The van der Waals surface area contributed by atoms with Crippen molar-refractivity contribution in [1.82, 2.24) is 19.7 Å². The fourth-order valence-corrected chi connectivity index (χ4v) is 6.54. The van der Waals surface area contributed by atoms with E-state index in [1.165, 1.54) is 11.1 Å². The number of nitrogens with zero attached hydrogens (tertiary/aromatic N) is 5. The van der Waals surface area contributed by atoms with E-state index in [9.17, 15) is 5.11 Å². The molecule has 45 heavy (non-hydrogen) atoms. The molecular formula is C32H40ClN5O7. The summed E-state index contributed by atoms with van der Waals surface area (Å²) in [7, 11) is 0. The van der Waals surface area contributed by atoms with Crippen molar-refractivity contribution in [3.63, 3.8) is 0 Å². The average molecular weight is 642 g/mol. The zero-order chi connectivity index (χ0) is 31.1. The molecule has 2 atom stereocenters. The van der Waals surface area contributed by atoms with Crippen LogP contribution in [0.15, 0.2) is 24.4 Å². The Hall–Kier alpha value is -3.02. The van der Waals surface area contributed by atoms with Gasteiger partial charge >= 0.3 is 0 Å². The van der Waals surface area contributed by atoms with E-state index in [1.54, 1.807) is 10.9 Å². The van der Waals surface area contributed by atoms with Gasteiger partial charge in [0.25, 0.3) is 0 Å². The number of anilines is 1. The number of aliphatic hydroxyl groups excluding tert-OH is 1. The molecule has 12 nitrogen and oxygen atoms in total. The van der Waals surface area contributed by atoms with Gasteiger partial charge in [-0.2, -0.15) is 15.1 Å². The van der Waals surface area contributed by atoms with E-state index < -0.39 is 0 Å². The van der Waals surface area contributed by atoms with Crippen LogP contribution < -0.4 is 9.64 Å². The molecular weight excluding hydrogens is 602 g/mol. The van der Waals surface area contributed by atoms with Gasteiger partial charge in [0.2, 0.25) is 5.28 Å². The second-order valence-electron chi connectivity index (χ2n) is 11.5. The predicted molar refractivity (Wildman–Crippen MR) is 167 cm³/mol. The summed E-state index contributed by atoms with van der Waals surface area (Å²) in [6.07, 6.45) is 10.1. The van der Waals surface area contributed by atoms with Crippen LogP contribution in [0.25, 0.3) is 11.0 Å². The number of benzene rings is 1. The van der Waals surface area contributed by atoms with Crippen molar-refractivity contribution in [3.05, 3.63) is 40.8 Å². The molecule has 4 heterocycles. The minimum atomic E-state index is -0.276. The van der Waals surface area contributed by atoms with Crippen molar-refractivity contribution in [2.45, 2.75) is 43.4 Å². The predicted octanol–water partition coefficient (Wildman–Crippen LogP) is 2.93. The van der Waals surface area contributed by atoms with Crippen molar-refractivity contribution in [2.24, 2.45) is 0 Å². The Morgan fingerprint density at radius 2 is 1.73 bits per heavy atom. The maximum Gasteiger partial charge on any atom is 0.226 e. The average Bonchev–Trinajstić information content (AvgIpc) is 3.77. The lowest BCUT2D eigenvalue weighted by molar-refractivity contribution is -0.0262. The lowest BCUT2D eigenvalue weighted by Gasteiger charge is -2.49. The van der Waals surface area contributed by atoms with Crippen LogP contribution in [0.4, 0.5) is 5.82 Å². The number of rotatable bonds is 17. The molecule has 0 saturated carbocycles. The smallest absolute Gasteiger partial charge is 0.226 e. The summed E-state index contributed by atoms with van der Waals surface area (Å²) < 4.78 is 35.5. The van der Waals surface area contributed by atoms with Gasteiger partial charge in [0.1, 0.15) is 24.8 Å². The molecule has 2 fully saturated rings. The van der Waals surface area contributed by atoms with E-state index in [0.29, 0.717) is 65.1 Å². The van der Waals surface area contributed by atoms with Crippen molar-refractivity contribution >= 4 is 28.5 Å². The molecule has 0 radical (unpaired) electrons. The van der Waals surface area contributed by atoms with Gasteiger partial charge in [-0.05, 0) is 60.5 Å². The first-order valence-corrected chi connectivity index (χ1v) is 15.9. The minimum Gasteiger partial charge on any atom is -0.491 e. The van der Waals surface area contributed by atoms with Crippen LogP contribution in [0.5, 0.6) is 5.75 Å². The number of halogens is 1. The molecule has 2 aromatic heterocycles. The van der Waals surface area contributed by atoms with E-state index >= 15 is 0 Å². The van der Waals surface area contributed by atoms with Crippen molar-refractivity contribution < 1.29 is 33.5 Å². The summed E-state index contributed by atoms with van der Waals surface area (Å²) >= 11 is 6.41. The molecule has 242 valence electrons. The second kappa shape index (κ2) is 15.0. The molecule has 3 aliphatic rings. The first kappa shape index (κ1) is 31.9. The van der Waals surface area contributed by atoms with E-state index in [1.807, 2.05) is 6.07 Å². The summed E-state index contributed by atoms with van der Waals surface area (Å²) in [6.45, 7) is 5.88. The molecule has 3 aromatic rings. The van der Waals surface area contributed by atoms with Gasteiger partial charge in [-0.3, -0.25) is 0 Å². The fourth-order valence-electron chi connectivity index (χ4n) is 6.38. The Balaban J connectivity index is 0.962. The van der Waals surface area contributed by atoms with Crippen LogP contribution in [-0.2, 0) is 35.5 Å². The SMILES string of the molecule is C#CCOCCOCCOCCOCCOc1ccc2c(c1)C1(CC2)CN(c2nc(Cl)nc3c2cnn3C2CCC(CO)O2)C1. The Labute approximate surface area is 267 Å². The lowest BCUT2D eigenvalue weighted by Crippen LogP contribution is -2.58. The van der Waals surface area contributed by atoms with Gasteiger partial charge in [-0.25, -0.2) is 4.68 Å². The van der Waals surface area contributed by atoms with Gasteiger partial charge in [-0.1, -0.05) is 12.0 Å². The first-order valence-electron chi connectivity index (χ1n) is 15.5. The zero-order valence-electron chi connectivity index (χ0n) is 25.4. The molecule has 1 aliphatic carbocycles. The molecule has 1 N–H and O–H groups in total. The fraction of sp³-hybridized carbons (Fsp3) is 0.594. The number of hydrogen-bond acceptors (Lipinski definition) is 11. The van der Waals surface area contributed by atoms with Crippen LogP contribution in [0.2, 0.25) is 5.28 Å². The van der Waals surface area contributed by atoms with Crippen LogP contribution >= 0.6 is 11.6 Å². The third-order valence-electron chi connectivity index (χ3n) is 8.58. The van der Waals surface area contributed by atoms with Crippen LogP contribution in [0, 0.1) is 12.3 Å². The maximum atomic E-state index is 9.48. The molecule has 6 rings (SSSR count). The van der Waals surface area contributed by atoms with Crippen molar-refractivity contribution in [3.8, 4) is 18.1 Å². The van der Waals surface area contributed by atoms with Gasteiger partial charge in [0, 0.05) is 18.5 Å². The topological polar surface area (TPSA) is 122 Å². The molecule has 0 amide bonds. The number of aromatic nitrogens is 4. The summed E-state index contributed by atoms with van der Waals surface area (Å²) in [5, 5.41) is 15.1. The first-order chi connectivity index (χ1) is 22.1. The highest BCUT2D eigenvalue weighted by molar-refractivity contribution is 6.28. The van der Waals surface area contributed by atoms with Crippen molar-refractivity contribution in [2.75, 3.05) is 84.1 Å². The number of fused-ring (bicyclic) bond motifs is 3. The molecule has 1 spiro atoms. The van der Waals surface area contributed by atoms with Gasteiger partial charge in [-0.15, -0.1) is 6.42 Å². The summed E-state index contributed by atoms with van der Waals surface area (Å²) in [5.74, 6) is 4.05. The monoisotopic (exact) mass is 641 g/mol. The number of aliphatic hydroxyl groups is 1. The maximum absolute atomic E-state index is 9.48. The molecule has 1 aromatic carbocycles. The molecule has 2 saturated heterocycles. The normalized spacial score (nSPS) is 20.1. The van der Waals surface area contributed by atoms with E-state index in [0.717, 1.165) is 55.7 Å². The largest absolute Gasteiger partial charge is 0.491 e. The van der Waals surface area contributed by atoms with Gasteiger partial charge in [0.05, 0.1) is 70.5 Å². The Bertz CT molecular complexity index is 1470. The number of aryl methyl sites for hydroxylation is 1. The standard InChI is InChI=1S/C32H40ClN5O7/c1-2-9-40-10-11-41-12-13-42-14-15-43-16-17-44-24-4-3-23-7-8-32(27(23)18-24)21-37(22-32)29-26-19-34-38(30(26)36-31(33)35-29)28-6-5-25(20-39)45-28/h1,3-4,18-19,25,28,39H,5-17,20-22H2. The third kappa shape index (κ3) is 7.36. The lowest BCUT2D eigenvalue weighted by atomic mass is 9.74. The zero-order valence-corrected chi connectivity index (χ0v) is 26.1. The summed E-state index contributed by atoms with van der Waals surface area (Å²) in [5.41, 5.74) is 3.41. The highest BCUT2D eigenvalue weighted by atomic mass is 35.5.